The third-order valence-electron chi connectivity index (χ3n) is 3.21. The van der Waals surface area contributed by atoms with E-state index < -0.39 is 0 Å². The lowest BCUT2D eigenvalue weighted by molar-refractivity contribution is -0.116. The fourth-order valence-electron chi connectivity index (χ4n) is 2.18. The number of halogens is 1. The maximum Gasteiger partial charge on any atom is 0.244 e. The second-order valence-corrected chi connectivity index (χ2v) is 5.12. The van der Waals surface area contributed by atoms with Crippen molar-refractivity contribution in [1.82, 2.24) is 9.55 Å². The summed E-state index contributed by atoms with van der Waals surface area (Å²) in [6.07, 6.45) is 1.63. The van der Waals surface area contributed by atoms with Crippen molar-refractivity contribution in [1.29, 1.82) is 5.26 Å². The molecule has 0 fully saturated rings. The molecule has 0 aliphatic rings. The Balaban J connectivity index is 1.75. The number of para-hydroxylation sites is 2. The van der Waals surface area contributed by atoms with Crippen LogP contribution in [0.5, 0.6) is 0 Å². The van der Waals surface area contributed by atoms with Crippen LogP contribution in [0.15, 0.2) is 48.8 Å². The summed E-state index contributed by atoms with van der Waals surface area (Å²) in [6, 6.07) is 14.4. The highest BCUT2D eigenvalue weighted by atomic mass is 35.5. The summed E-state index contributed by atoms with van der Waals surface area (Å²) >= 11 is 5.94. The van der Waals surface area contributed by atoms with Crippen LogP contribution in [0.3, 0.4) is 0 Å². The van der Waals surface area contributed by atoms with E-state index in [1.54, 1.807) is 29.1 Å². The van der Waals surface area contributed by atoms with Crippen molar-refractivity contribution in [2.75, 3.05) is 5.32 Å². The van der Waals surface area contributed by atoms with E-state index in [-0.39, 0.29) is 12.5 Å². The average molecular weight is 311 g/mol. The number of carbonyl (C=O) groups excluding carboxylic acids is 1. The lowest BCUT2D eigenvalue weighted by atomic mass is 10.2. The number of imidazole rings is 1. The Kier molecular flexibility index (Phi) is 3.77. The first kappa shape index (κ1) is 14.1. The van der Waals surface area contributed by atoms with E-state index in [2.05, 4.69) is 10.3 Å². The minimum Gasteiger partial charge on any atom is -0.324 e. The highest BCUT2D eigenvalue weighted by molar-refractivity contribution is 6.32. The molecule has 1 aromatic heterocycles. The Bertz CT molecular complexity index is 895. The summed E-state index contributed by atoms with van der Waals surface area (Å²) in [7, 11) is 0. The van der Waals surface area contributed by atoms with Gasteiger partial charge >= 0.3 is 0 Å². The molecule has 22 heavy (non-hydrogen) atoms. The molecule has 1 N–H and O–H groups in total. The fourth-order valence-corrected chi connectivity index (χ4v) is 2.40. The minimum absolute atomic E-state index is 0.151. The van der Waals surface area contributed by atoms with E-state index in [9.17, 15) is 4.79 Å². The van der Waals surface area contributed by atoms with E-state index >= 15 is 0 Å². The van der Waals surface area contributed by atoms with Crippen molar-refractivity contribution in [3.8, 4) is 6.07 Å². The van der Waals surface area contributed by atoms with Gasteiger partial charge in [-0.3, -0.25) is 4.79 Å². The Morgan fingerprint density at radius 1 is 1.32 bits per heavy atom. The van der Waals surface area contributed by atoms with Crippen LogP contribution < -0.4 is 5.32 Å². The Morgan fingerprint density at radius 2 is 2.14 bits per heavy atom. The van der Waals surface area contributed by atoms with E-state index in [1.165, 1.54) is 0 Å². The molecule has 0 bridgehead atoms. The van der Waals surface area contributed by atoms with Gasteiger partial charge in [0.05, 0.1) is 27.9 Å². The number of carbonyl (C=O) groups is 1. The van der Waals surface area contributed by atoms with Crippen LogP contribution in [0, 0.1) is 11.3 Å². The van der Waals surface area contributed by atoms with Crippen LogP contribution in [0.25, 0.3) is 11.0 Å². The molecular weight excluding hydrogens is 300 g/mol. The Labute approximate surface area is 131 Å². The van der Waals surface area contributed by atoms with E-state index in [0.29, 0.717) is 16.3 Å². The molecule has 0 saturated heterocycles. The zero-order valence-corrected chi connectivity index (χ0v) is 12.2. The molecule has 0 aliphatic carbocycles. The molecule has 1 heterocycles. The first-order valence-electron chi connectivity index (χ1n) is 6.57. The number of nitriles is 1. The highest BCUT2D eigenvalue weighted by Gasteiger charge is 2.08. The van der Waals surface area contributed by atoms with Crippen molar-refractivity contribution < 1.29 is 4.79 Å². The third-order valence-corrected chi connectivity index (χ3v) is 3.53. The van der Waals surface area contributed by atoms with Gasteiger partial charge in [-0.1, -0.05) is 23.7 Å². The number of rotatable bonds is 3. The molecular formula is C16H11ClN4O. The second kappa shape index (κ2) is 5.88. The molecule has 5 nitrogen and oxygen atoms in total. The average Bonchev–Trinajstić information content (AvgIpc) is 2.91. The molecule has 0 unspecified atom stereocenters. The van der Waals surface area contributed by atoms with Gasteiger partial charge in [-0.25, -0.2) is 4.98 Å². The molecule has 2 aromatic carbocycles. The zero-order chi connectivity index (χ0) is 15.5. The van der Waals surface area contributed by atoms with Crippen LogP contribution >= 0.6 is 11.6 Å². The van der Waals surface area contributed by atoms with Crippen LogP contribution in [0.2, 0.25) is 5.02 Å². The highest BCUT2D eigenvalue weighted by Crippen LogP contribution is 2.20. The van der Waals surface area contributed by atoms with Gasteiger partial charge in [-0.2, -0.15) is 5.26 Å². The lowest BCUT2D eigenvalue weighted by Gasteiger charge is -2.07. The number of nitrogens with one attached hydrogen (secondary N) is 1. The van der Waals surface area contributed by atoms with Gasteiger partial charge < -0.3 is 9.88 Å². The smallest absolute Gasteiger partial charge is 0.244 e. The summed E-state index contributed by atoms with van der Waals surface area (Å²) in [4.78, 5) is 16.4. The normalized spacial score (nSPS) is 10.4. The van der Waals surface area contributed by atoms with E-state index in [1.807, 2.05) is 30.3 Å². The van der Waals surface area contributed by atoms with Crippen molar-refractivity contribution in [3.05, 3.63) is 59.4 Å². The largest absolute Gasteiger partial charge is 0.324 e. The summed E-state index contributed by atoms with van der Waals surface area (Å²) < 4.78 is 1.77. The molecule has 1 amide bonds. The van der Waals surface area contributed by atoms with Gasteiger partial charge in [0.25, 0.3) is 0 Å². The number of fused-ring (bicyclic) bond motifs is 1. The Hall–Kier alpha value is -2.84. The predicted molar refractivity (Wildman–Crippen MR) is 84.5 cm³/mol. The summed E-state index contributed by atoms with van der Waals surface area (Å²) in [5.41, 5.74) is 2.67. The summed E-state index contributed by atoms with van der Waals surface area (Å²) in [6.45, 7) is 0.151. The Morgan fingerprint density at radius 3 is 2.91 bits per heavy atom. The molecule has 0 spiro atoms. The predicted octanol–water partition coefficient (Wildman–Crippen LogP) is 3.20. The number of amides is 1. The second-order valence-electron chi connectivity index (χ2n) is 4.72. The van der Waals surface area contributed by atoms with Gasteiger partial charge in [0.2, 0.25) is 5.91 Å². The fraction of sp³-hybridized carbons (Fsp3) is 0.0625. The summed E-state index contributed by atoms with van der Waals surface area (Å²) in [5, 5.41) is 11.9. The molecule has 0 aliphatic heterocycles. The lowest BCUT2D eigenvalue weighted by Crippen LogP contribution is -2.18. The number of nitrogens with zero attached hydrogens (tertiary/aromatic N) is 3. The van der Waals surface area contributed by atoms with Crippen LogP contribution in [0.4, 0.5) is 5.69 Å². The monoisotopic (exact) mass is 310 g/mol. The standard InChI is InChI=1S/C16H11ClN4O/c17-13-7-12(6-5-11(13)8-18)20-16(22)9-21-10-19-14-3-1-2-4-15(14)21/h1-7,10H,9H2,(H,20,22). The van der Waals surface area contributed by atoms with Crippen LogP contribution in [0.1, 0.15) is 5.56 Å². The van der Waals surface area contributed by atoms with Crippen LogP contribution in [-0.2, 0) is 11.3 Å². The number of hydrogen-bond acceptors (Lipinski definition) is 3. The van der Waals surface area contributed by atoms with Gasteiger partial charge in [0.1, 0.15) is 12.6 Å². The maximum atomic E-state index is 12.1. The molecule has 6 heteroatoms. The number of aromatic nitrogens is 2. The first-order chi connectivity index (χ1) is 10.7. The number of anilines is 1. The van der Waals surface area contributed by atoms with Gasteiger partial charge in [-0.15, -0.1) is 0 Å². The van der Waals surface area contributed by atoms with Crippen molar-refractivity contribution in [2.24, 2.45) is 0 Å². The molecule has 0 saturated carbocycles. The maximum absolute atomic E-state index is 12.1. The third kappa shape index (κ3) is 2.78. The molecule has 3 rings (SSSR count). The topological polar surface area (TPSA) is 70.7 Å². The van der Waals surface area contributed by atoms with Gasteiger partial charge in [0, 0.05) is 5.69 Å². The van der Waals surface area contributed by atoms with Crippen LogP contribution in [-0.4, -0.2) is 15.5 Å². The van der Waals surface area contributed by atoms with E-state index in [0.717, 1.165) is 11.0 Å². The van der Waals surface area contributed by atoms with Crippen molar-refractivity contribution in [2.45, 2.75) is 6.54 Å². The van der Waals surface area contributed by atoms with Crippen molar-refractivity contribution >= 4 is 34.2 Å². The first-order valence-corrected chi connectivity index (χ1v) is 6.94. The molecule has 0 atom stereocenters. The van der Waals surface area contributed by atoms with Gasteiger partial charge in [0.15, 0.2) is 0 Å². The SMILES string of the molecule is N#Cc1ccc(NC(=O)Cn2cnc3ccccc32)cc1Cl. The molecule has 108 valence electrons. The quantitative estimate of drug-likeness (QED) is 0.807. The van der Waals surface area contributed by atoms with Gasteiger partial charge in [-0.05, 0) is 30.3 Å². The van der Waals surface area contributed by atoms with E-state index in [4.69, 9.17) is 16.9 Å². The molecule has 0 radical (unpaired) electrons. The van der Waals surface area contributed by atoms with Crippen molar-refractivity contribution in [3.63, 3.8) is 0 Å². The summed E-state index contributed by atoms with van der Waals surface area (Å²) in [5.74, 6) is -0.191. The molecule has 3 aromatic rings. The number of hydrogen-bond donors (Lipinski definition) is 1. The zero-order valence-electron chi connectivity index (χ0n) is 11.5. The number of benzene rings is 2. The minimum atomic E-state index is -0.191.